The van der Waals surface area contributed by atoms with Crippen LogP contribution in [0.4, 0.5) is 5.69 Å². The first-order valence-corrected chi connectivity index (χ1v) is 6.68. The monoisotopic (exact) mass is 274 g/mol. The minimum Gasteiger partial charge on any atom is -0.481 e. The number of anilines is 1. The van der Waals surface area contributed by atoms with Gasteiger partial charge in [-0.1, -0.05) is 6.92 Å². The molecule has 0 aliphatic carbocycles. The summed E-state index contributed by atoms with van der Waals surface area (Å²) in [7, 11) is 0. The minimum atomic E-state index is -0.803. The van der Waals surface area contributed by atoms with E-state index in [1.54, 1.807) is 6.20 Å². The number of hydrogen-bond donors (Lipinski definition) is 2. The summed E-state index contributed by atoms with van der Waals surface area (Å²) in [4.78, 5) is 26.8. The molecular formula is C15H18N2O3. The number of carboxylic acid groups (broad SMARTS) is 1. The molecule has 0 fully saturated rings. The van der Waals surface area contributed by atoms with E-state index in [0.29, 0.717) is 12.1 Å². The highest BCUT2D eigenvalue weighted by Gasteiger charge is 2.10. The van der Waals surface area contributed by atoms with E-state index in [0.717, 1.165) is 35.8 Å². The molecular weight excluding hydrogens is 256 g/mol. The second kappa shape index (κ2) is 6.23. The standard InChI is InChI=1S/C15H18N2O3/c1-2-6-17(7-5-15(19)20)12-3-4-14-13(8-12)11(10-18)9-16-14/h3-4,8-10,16H,2,5-7H2,1H3,(H,19,20). The van der Waals surface area contributed by atoms with Crippen LogP contribution in [-0.4, -0.2) is 35.4 Å². The quantitative estimate of drug-likeness (QED) is 0.761. The highest BCUT2D eigenvalue weighted by atomic mass is 16.4. The number of nitrogens with zero attached hydrogens (tertiary/aromatic N) is 1. The third kappa shape index (κ3) is 2.99. The number of benzene rings is 1. The van der Waals surface area contributed by atoms with Gasteiger partial charge in [0, 0.05) is 41.4 Å². The van der Waals surface area contributed by atoms with Crippen molar-refractivity contribution in [1.29, 1.82) is 0 Å². The summed E-state index contributed by atoms with van der Waals surface area (Å²) in [6.45, 7) is 3.31. The molecule has 0 aliphatic rings. The van der Waals surface area contributed by atoms with Crippen molar-refractivity contribution in [3.8, 4) is 0 Å². The lowest BCUT2D eigenvalue weighted by molar-refractivity contribution is -0.136. The molecule has 0 spiro atoms. The zero-order valence-electron chi connectivity index (χ0n) is 11.4. The zero-order valence-corrected chi connectivity index (χ0v) is 11.4. The normalized spacial score (nSPS) is 10.7. The van der Waals surface area contributed by atoms with Crippen LogP contribution in [0.1, 0.15) is 30.1 Å². The number of nitrogens with one attached hydrogen (secondary N) is 1. The van der Waals surface area contributed by atoms with Crippen molar-refractivity contribution < 1.29 is 14.7 Å². The molecule has 0 amide bonds. The number of carbonyl (C=O) groups excluding carboxylic acids is 1. The molecule has 0 aliphatic heterocycles. The number of hydrogen-bond acceptors (Lipinski definition) is 3. The molecule has 5 heteroatoms. The molecule has 0 atom stereocenters. The van der Waals surface area contributed by atoms with E-state index in [9.17, 15) is 9.59 Å². The van der Waals surface area contributed by atoms with Gasteiger partial charge < -0.3 is 15.0 Å². The molecule has 0 saturated heterocycles. The molecule has 20 heavy (non-hydrogen) atoms. The molecule has 106 valence electrons. The maximum absolute atomic E-state index is 11.0. The van der Waals surface area contributed by atoms with E-state index >= 15 is 0 Å². The fourth-order valence-electron chi connectivity index (χ4n) is 2.29. The minimum absolute atomic E-state index is 0.103. The number of aromatic nitrogens is 1. The van der Waals surface area contributed by atoms with Gasteiger partial charge in [0.05, 0.1) is 6.42 Å². The summed E-state index contributed by atoms with van der Waals surface area (Å²) >= 11 is 0. The van der Waals surface area contributed by atoms with Crippen molar-refractivity contribution in [3.63, 3.8) is 0 Å². The van der Waals surface area contributed by atoms with Gasteiger partial charge in [-0.2, -0.15) is 0 Å². The van der Waals surface area contributed by atoms with Crippen molar-refractivity contribution in [2.24, 2.45) is 0 Å². The SMILES string of the molecule is CCCN(CCC(=O)O)c1ccc2[nH]cc(C=O)c2c1. The van der Waals surface area contributed by atoms with Crippen LogP contribution in [0.25, 0.3) is 10.9 Å². The lowest BCUT2D eigenvalue weighted by atomic mass is 10.1. The fourth-order valence-corrected chi connectivity index (χ4v) is 2.29. The van der Waals surface area contributed by atoms with Gasteiger partial charge in [0.2, 0.25) is 0 Å². The van der Waals surface area contributed by atoms with Gasteiger partial charge in [-0.25, -0.2) is 0 Å². The predicted molar refractivity (Wildman–Crippen MR) is 78.4 cm³/mol. The number of H-pyrrole nitrogens is 1. The molecule has 0 saturated carbocycles. The predicted octanol–water partition coefficient (Wildman–Crippen LogP) is 2.67. The number of rotatable bonds is 7. The van der Waals surface area contributed by atoms with Crippen LogP contribution in [0.2, 0.25) is 0 Å². The zero-order chi connectivity index (χ0) is 14.5. The maximum atomic E-state index is 11.0. The van der Waals surface area contributed by atoms with Crippen LogP contribution in [0.5, 0.6) is 0 Å². The van der Waals surface area contributed by atoms with Gasteiger partial charge in [0.1, 0.15) is 0 Å². The largest absolute Gasteiger partial charge is 0.481 e. The van der Waals surface area contributed by atoms with Crippen LogP contribution < -0.4 is 4.90 Å². The van der Waals surface area contributed by atoms with E-state index in [-0.39, 0.29) is 6.42 Å². The summed E-state index contributed by atoms with van der Waals surface area (Å²) in [5.41, 5.74) is 2.48. The number of aliphatic carboxylic acids is 1. The molecule has 0 unspecified atom stereocenters. The third-order valence-electron chi connectivity index (χ3n) is 3.28. The smallest absolute Gasteiger partial charge is 0.305 e. The molecule has 0 radical (unpaired) electrons. The summed E-state index contributed by atoms with van der Waals surface area (Å²) in [6.07, 6.45) is 3.55. The molecule has 5 nitrogen and oxygen atoms in total. The molecule has 1 aromatic carbocycles. The first kappa shape index (κ1) is 14.1. The Bertz CT molecular complexity index is 619. The van der Waals surface area contributed by atoms with E-state index in [1.807, 2.05) is 23.1 Å². The van der Waals surface area contributed by atoms with Crippen LogP contribution in [0.3, 0.4) is 0 Å². The number of carbonyl (C=O) groups is 2. The number of aldehydes is 1. The van der Waals surface area contributed by atoms with Crippen molar-refractivity contribution in [2.45, 2.75) is 19.8 Å². The van der Waals surface area contributed by atoms with E-state index in [4.69, 9.17) is 5.11 Å². The Kier molecular flexibility index (Phi) is 4.40. The Hall–Kier alpha value is -2.30. The first-order chi connectivity index (χ1) is 9.65. The summed E-state index contributed by atoms with van der Waals surface area (Å²) in [5.74, 6) is -0.803. The van der Waals surface area contributed by atoms with Gasteiger partial charge in [-0.3, -0.25) is 9.59 Å². The molecule has 2 rings (SSSR count). The molecule has 2 aromatic rings. The highest BCUT2D eigenvalue weighted by molar-refractivity contribution is 5.98. The Morgan fingerprint density at radius 3 is 2.85 bits per heavy atom. The summed E-state index contributed by atoms with van der Waals surface area (Å²) in [6, 6.07) is 5.80. The van der Waals surface area contributed by atoms with Gasteiger partial charge in [0.25, 0.3) is 0 Å². The van der Waals surface area contributed by atoms with E-state index < -0.39 is 5.97 Å². The van der Waals surface area contributed by atoms with E-state index in [2.05, 4.69) is 11.9 Å². The molecule has 2 N–H and O–H groups in total. The highest BCUT2D eigenvalue weighted by Crippen LogP contribution is 2.24. The topological polar surface area (TPSA) is 73.4 Å². The van der Waals surface area contributed by atoms with Crippen molar-refractivity contribution >= 4 is 28.8 Å². The molecule has 0 bridgehead atoms. The summed E-state index contributed by atoms with van der Waals surface area (Å²) in [5, 5.41) is 9.69. The van der Waals surface area contributed by atoms with Gasteiger partial charge in [-0.05, 0) is 24.6 Å². The van der Waals surface area contributed by atoms with Crippen LogP contribution in [0, 0.1) is 0 Å². The Balaban J connectivity index is 2.31. The second-order valence-electron chi connectivity index (χ2n) is 4.72. The van der Waals surface area contributed by atoms with Crippen molar-refractivity contribution in [1.82, 2.24) is 4.98 Å². The Morgan fingerprint density at radius 2 is 2.20 bits per heavy atom. The fraction of sp³-hybridized carbons (Fsp3) is 0.333. The average molecular weight is 274 g/mol. The Labute approximate surface area is 117 Å². The summed E-state index contributed by atoms with van der Waals surface area (Å²) < 4.78 is 0. The van der Waals surface area contributed by atoms with Crippen molar-refractivity contribution in [2.75, 3.05) is 18.0 Å². The van der Waals surface area contributed by atoms with Crippen LogP contribution >= 0.6 is 0 Å². The first-order valence-electron chi connectivity index (χ1n) is 6.68. The molecule has 1 heterocycles. The average Bonchev–Trinajstić information content (AvgIpc) is 2.85. The van der Waals surface area contributed by atoms with E-state index in [1.165, 1.54) is 0 Å². The van der Waals surface area contributed by atoms with Crippen LogP contribution in [-0.2, 0) is 4.79 Å². The maximum Gasteiger partial charge on any atom is 0.305 e. The van der Waals surface area contributed by atoms with Gasteiger partial charge in [-0.15, -0.1) is 0 Å². The third-order valence-corrected chi connectivity index (χ3v) is 3.28. The molecule has 1 aromatic heterocycles. The van der Waals surface area contributed by atoms with Gasteiger partial charge in [0.15, 0.2) is 6.29 Å². The Morgan fingerprint density at radius 1 is 1.40 bits per heavy atom. The second-order valence-corrected chi connectivity index (χ2v) is 4.72. The lowest BCUT2D eigenvalue weighted by Gasteiger charge is -2.23. The van der Waals surface area contributed by atoms with Crippen molar-refractivity contribution in [3.05, 3.63) is 30.0 Å². The van der Waals surface area contributed by atoms with Gasteiger partial charge >= 0.3 is 5.97 Å². The number of carboxylic acids is 1. The lowest BCUT2D eigenvalue weighted by Crippen LogP contribution is -2.26. The number of fused-ring (bicyclic) bond motifs is 1. The van der Waals surface area contributed by atoms with Crippen LogP contribution in [0.15, 0.2) is 24.4 Å². The number of aromatic amines is 1.